The highest BCUT2D eigenvalue weighted by molar-refractivity contribution is 7.99. The maximum Gasteiger partial charge on any atom is 0.183 e. The Balaban J connectivity index is 2.33. The summed E-state index contributed by atoms with van der Waals surface area (Å²) < 4.78 is 0.648. The van der Waals surface area contributed by atoms with E-state index in [9.17, 15) is 0 Å². The molecule has 1 aromatic rings. The van der Waals surface area contributed by atoms with Gasteiger partial charge in [0.1, 0.15) is 0 Å². The lowest BCUT2D eigenvalue weighted by Crippen LogP contribution is -1.92. The molecular formula is C8H12ClNS2. The molecule has 1 nitrogen and oxygen atoms in total. The molecule has 0 amide bonds. The Hall–Kier alpha value is 0.270. The molecule has 1 aromatic heterocycles. The maximum absolute atomic E-state index is 5.71. The molecule has 1 unspecified atom stereocenters. The normalized spacial score (nSPS) is 13.2. The number of hydrogen-bond donors (Lipinski definition) is 0. The fourth-order valence-corrected chi connectivity index (χ4v) is 2.66. The third-order valence-corrected chi connectivity index (χ3v) is 4.29. The Morgan fingerprint density at radius 1 is 1.75 bits per heavy atom. The van der Waals surface area contributed by atoms with E-state index in [0.29, 0.717) is 4.47 Å². The van der Waals surface area contributed by atoms with E-state index in [2.05, 4.69) is 18.8 Å². The van der Waals surface area contributed by atoms with Crippen molar-refractivity contribution in [3.05, 3.63) is 15.5 Å². The third kappa shape index (κ3) is 3.33. The molecule has 0 spiro atoms. The molecular weight excluding hydrogens is 210 g/mol. The monoisotopic (exact) mass is 221 g/mol. The fraction of sp³-hybridized carbons (Fsp3) is 0.625. The number of rotatable bonds is 4. The summed E-state index contributed by atoms with van der Waals surface area (Å²) >= 11 is 9.24. The predicted molar refractivity (Wildman–Crippen MR) is 58.2 cm³/mol. The molecule has 0 aliphatic heterocycles. The van der Waals surface area contributed by atoms with Crippen molar-refractivity contribution in [2.24, 2.45) is 0 Å². The lowest BCUT2D eigenvalue weighted by molar-refractivity contribution is 0.905. The summed E-state index contributed by atoms with van der Waals surface area (Å²) in [6.07, 6.45) is 3.08. The van der Waals surface area contributed by atoms with Crippen LogP contribution in [0.25, 0.3) is 0 Å². The smallest absolute Gasteiger partial charge is 0.183 e. The third-order valence-electron chi connectivity index (χ3n) is 1.61. The first-order chi connectivity index (χ1) is 5.72. The molecule has 1 rings (SSSR count). The van der Waals surface area contributed by atoms with Crippen LogP contribution in [0.1, 0.15) is 25.1 Å². The van der Waals surface area contributed by atoms with E-state index in [0.717, 1.165) is 11.0 Å². The van der Waals surface area contributed by atoms with Gasteiger partial charge in [0.05, 0.1) is 0 Å². The largest absolute Gasteiger partial charge is 0.233 e. The van der Waals surface area contributed by atoms with Crippen LogP contribution in [0, 0.1) is 0 Å². The highest BCUT2D eigenvalue weighted by Gasteiger charge is 2.02. The second-order valence-corrected chi connectivity index (χ2v) is 5.73. The Kier molecular flexibility index (Phi) is 4.40. The number of nitrogens with zero attached hydrogens (tertiary/aromatic N) is 1. The first-order valence-corrected chi connectivity index (χ1v) is 6.18. The SMILES string of the molecule is CCC(C)SCc1cnc(Cl)s1. The van der Waals surface area contributed by atoms with Crippen LogP contribution in [0.5, 0.6) is 0 Å². The lowest BCUT2D eigenvalue weighted by Gasteiger charge is -2.05. The second kappa shape index (κ2) is 5.10. The van der Waals surface area contributed by atoms with Crippen molar-refractivity contribution in [2.75, 3.05) is 0 Å². The second-order valence-electron chi connectivity index (χ2n) is 2.61. The molecule has 0 radical (unpaired) electrons. The van der Waals surface area contributed by atoms with Crippen molar-refractivity contribution >= 4 is 34.7 Å². The Labute approximate surface area is 86.5 Å². The quantitative estimate of drug-likeness (QED) is 0.767. The van der Waals surface area contributed by atoms with E-state index in [-0.39, 0.29) is 0 Å². The highest BCUT2D eigenvalue weighted by atomic mass is 35.5. The summed E-state index contributed by atoms with van der Waals surface area (Å²) in [6.45, 7) is 4.45. The van der Waals surface area contributed by atoms with E-state index in [1.165, 1.54) is 11.3 Å². The topological polar surface area (TPSA) is 12.9 Å². The predicted octanol–water partition coefficient (Wildman–Crippen LogP) is 3.83. The van der Waals surface area contributed by atoms with Gasteiger partial charge in [-0.25, -0.2) is 4.98 Å². The van der Waals surface area contributed by atoms with Gasteiger partial charge in [-0.15, -0.1) is 11.3 Å². The number of thioether (sulfide) groups is 1. The molecule has 0 bridgehead atoms. The van der Waals surface area contributed by atoms with Crippen LogP contribution in [-0.2, 0) is 5.75 Å². The van der Waals surface area contributed by atoms with Crippen LogP contribution in [-0.4, -0.2) is 10.2 Å². The summed E-state index contributed by atoms with van der Waals surface area (Å²) in [7, 11) is 0. The molecule has 12 heavy (non-hydrogen) atoms. The Morgan fingerprint density at radius 3 is 3.00 bits per heavy atom. The molecule has 1 heterocycles. The van der Waals surface area contributed by atoms with E-state index in [1.54, 1.807) is 11.3 Å². The number of halogens is 1. The van der Waals surface area contributed by atoms with Crippen LogP contribution >= 0.6 is 34.7 Å². The number of thiazole rings is 1. The average molecular weight is 222 g/mol. The minimum atomic E-state index is 0.648. The Bertz CT molecular complexity index is 237. The van der Waals surface area contributed by atoms with Gasteiger partial charge in [-0.3, -0.25) is 0 Å². The molecule has 68 valence electrons. The van der Waals surface area contributed by atoms with Crippen LogP contribution < -0.4 is 0 Å². The van der Waals surface area contributed by atoms with Gasteiger partial charge >= 0.3 is 0 Å². The lowest BCUT2D eigenvalue weighted by atomic mass is 10.4. The van der Waals surface area contributed by atoms with Gasteiger partial charge in [0.25, 0.3) is 0 Å². The molecule has 0 aliphatic rings. The molecule has 0 saturated carbocycles. The molecule has 0 saturated heterocycles. The van der Waals surface area contributed by atoms with Crippen molar-refractivity contribution in [3.63, 3.8) is 0 Å². The summed E-state index contributed by atoms with van der Waals surface area (Å²) in [5, 5.41) is 0.728. The zero-order valence-corrected chi connectivity index (χ0v) is 9.60. The van der Waals surface area contributed by atoms with Gasteiger partial charge < -0.3 is 0 Å². The van der Waals surface area contributed by atoms with Crippen molar-refractivity contribution in [1.82, 2.24) is 4.98 Å². The van der Waals surface area contributed by atoms with Crippen molar-refractivity contribution in [3.8, 4) is 0 Å². The average Bonchev–Trinajstić information content (AvgIpc) is 2.47. The van der Waals surface area contributed by atoms with Gasteiger partial charge in [-0.2, -0.15) is 11.8 Å². The van der Waals surface area contributed by atoms with E-state index < -0.39 is 0 Å². The van der Waals surface area contributed by atoms with E-state index in [1.807, 2.05) is 18.0 Å². The van der Waals surface area contributed by atoms with E-state index in [4.69, 9.17) is 11.6 Å². The summed E-state index contributed by atoms with van der Waals surface area (Å²) in [5.41, 5.74) is 0. The van der Waals surface area contributed by atoms with Crippen molar-refractivity contribution in [2.45, 2.75) is 31.3 Å². The zero-order chi connectivity index (χ0) is 8.97. The van der Waals surface area contributed by atoms with Crippen LogP contribution in [0.3, 0.4) is 0 Å². The zero-order valence-electron chi connectivity index (χ0n) is 7.21. The standard InChI is InChI=1S/C8H12ClNS2/c1-3-6(2)11-5-7-4-10-8(9)12-7/h4,6H,3,5H2,1-2H3. The maximum atomic E-state index is 5.71. The van der Waals surface area contributed by atoms with Gasteiger partial charge in [0.15, 0.2) is 4.47 Å². The summed E-state index contributed by atoms with van der Waals surface area (Å²) in [6, 6.07) is 0. The molecule has 0 N–H and O–H groups in total. The molecule has 4 heteroatoms. The van der Waals surface area contributed by atoms with Gasteiger partial charge in [-0.1, -0.05) is 25.4 Å². The minimum Gasteiger partial charge on any atom is -0.233 e. The molecule has 0 fully saturated rings. The molecule has 0 aromatic carbocycles. The van der Waals surface area contributed by atoms with Gasteiger partial charge in [-0.05, 0) is 6.42 Å². The first kappa shape index (κ1) is 10.4. The Morgan fingerprint density at radius 2 is 2.50 bits per heavy atom. The van der Waals surface area contributed by atoms with Crippen molar-refractivity contribution in [1.29, 1.82) is 0 Å². The minimum absolute atomic E-state index is 0.648. The first-order valence-electron chi connectivity index (χ1n) is 3.94. The van der Waals surface area contributed by atoms with Crippen LogP contribution in [0.2, 0.25) is 4.47 Å². The summed E-state index contributed by atoms with van der Waals surface area (Å²) in [4.78, 5) is 5.26. The number of aromatic nitrogens is 1. The molecule has 0 aliphatic carbocycles. The molecule has 1 atom stereocenters. The van der Waals surface area contributed by atoms with Gasteiger partial charge in [0.2, 0.25) is 0 Å². The highest BCUT2D eigenvalue weighted by Crippen LogP contribution is 2.25. The van der Waals surface area contributed by atoms with Gasteiger partial charge in [0, 0.05) is 22.1 Å². The van der Waals surface area contributed by atoms with E-state index >= 15 is 0 Å². The summed E-state index contributed by atoms with van der Waals surface area (Å²) in [5.74, 6) is 1.04. The van der Waals surface area contributed by atoms with Crippen LogP contribution in [0.15, 0.2) is 6.20 Å². The number of hydrogen-bond acceptors (Lipinski definition) is 3. The van der Waals surface area contributed by atoms with Crippen LogP contribution in [0.4, 0.5) is 0 Å². The fourth-order valence-electron chi connectivity index (χ4n) is 0.693. The van der Waals surface area contributed by atoms with Crippen molar-refractivity contribution < 1.29 is 0 Å².